The van der Waals surface area contributed by atoms with Crippen molar-refractivity contribution in [3.05, 3.63) is 98.2 Å². The van der Waals surface area contributed by atoms with Crippen LogP contribution in [-0.4, -0.2) is 27.1 Å². The van der Waals surface area contributed by atoms with Crippen LogP contribution in [0.15, 0.2) is 88.6 Å². The second kappa shape index (κ2) is 9.44. The van der Waals surface area contributed by atoms with Crippen LogP contribution in [0.3, 0.4) is 0 Å². The van der Waals surface area contributed by atoms with Crippen LogP contribution in [0, 0.1) is 3.57 Å². The molecule has 0 spiro atoms. The Morgan fingerprint density at radius 1 is 1.03 bits per heavy atom. The summed E-state index contributed by atoms with van der Waals surface area (Å²) < 4.78 is 3.86. The number of nitrogens with one attached hydrogen (secondary N) is 1. The Balaban J connectivity index is 1.67. The SMILES string of the molecule is O=C(O)c1ccc(-n2cc(/C=N/Nc3ccc(Br)cc3)c(-c3ccc(I)cc3)n2)cc1. The lowest BCUT2D eigenvalue weighted by atomic mass is 10.1. The second-order valence-corrected chi connectivity index (χ2v) is 8.77. The Bertz CT molecular complexity index is 1230. The summed E-state index contributed by atoms with van der Waals surface area (Å²) in [4.78, 5) is 11.1. The maximum absolute atomic E-state index is 11.1. The summed E-state index contributed by atoms with van der Waals surface area (Å²) in [6, 6.07) is 22.4. The van der Waals surface area contributed by atoms with Gasteiger partial charge in [0.2, 0.25) is 0 Å². The minimum atomic E-state index is -0.960. The predicted octanol–water partition coefficient (Wildman–Crippen LogP) is 6.05. The summed E-state index contributed by atoms with van der Waals surface area (Å²) in [5.41, 5.74) is 7.45. The molecule has 154 valence electrons. The first-order chi connectivity index (χ1) is 15.0. The highest BCUT2D eigenvalue weighted by Crippen LogP contribution is 2.24. The fourth-order valence-corrected chi connectivity index (χ4v) is 3.53. The standard InChI is InChI=1S/C23H16BrIN4O2/c24-18-5-9-20(10-6-18)27-26-13-17-14-29(21-11-3-16(4-12-21)23(30)31)28-22(17)15-1-7-19(25)8-2-15/h1-14,27H,(H,30,31)/b26-13+. The first-order valence-electron chi connectivity index (χ1n) is 9.23. The van der Waals surface area contributed by atoms with Crippen LogP contribution in [0.4, 0.5) is 5.69 Å². The lowest BCUT2D eigenvalue weighted by Gasteiger charge is -2.02. The van der Waals surface area contributed by atoms with Crippen LogP contribution in [0.25, 0.3) is 16.9 Å². The summed E-state index contributed by atoms with van der Waals surface area (Å²) in [7, 11) is 0. The molecule has 4 rings (SSSR count). The van der Waals surface area contributed by atoms with Gasteiger partial charge >= 0.3 is 5.97 Å². The Hall–Kier alpha value is -2.98. The largest absolute Gasteiger partial charge is 0.478 e. The first kappa shape index (κ1) is 21.3. The second-order valence-electron chi connectivity index (χ2n) is 6.61. The van der Waals surface area contributed by atoms with E-state index in [0.29, 0.717) is 0 Å². The molecule has 0 atom stereocenters. The molecule has 0 amide bonds. The summed E-state index contributed by atoms with van der Waals surface area (Å²) in [6.07, 6.45) is 3.60. The number of aromatic carboxylic acids is 1. The number of nitrogens with zero attached hydrogens (tertiary/aromatic N) is 3. The predicted molar refractivity (Wildman–Crippen MR) is 134 cm³/mol. The van der Waals surface area contributed by atoms with E-state index in [1.807, 2.05) is 54.7 Å². The number of benzene rings is 3. The van der Waals surface area contributed by atoms with E-state index >= 15 is 0 Å². The summed E-state index contributed by atoms with van der Waals surface area (Å²) in [5, 5.41) is 18.2. The topological polar surface area (TPSA) is 79.5 Å². The van der Waals surface area contributed by atoms with Crippen LogP contribution in [0.5, 0.6) is 0 Å². The molecule has 0 aliphatic rings. The zero-order valence-electron chi connectivity index (χ0n) is 16.0. The molecule has 0 aliphatic carbocycles. The van der Waals surface area contributed by atoms with Gasteiger partial charge in [-0.05, 0) is 83.3 Å². The van der Waals surface area contributed by atoms with Gasteiger partial charge in [-0.15, -0.1) is 0 Å². The Morgan fingerprint density at radius 2 is 1.71 bits per heavy atom. The highest BCUT2D eigenvalue weighted by atomic mass is 127. The van der Waals surface area contributed by atoms with E-state index in [2.05, 4.69) is 49.0 Å². The van der Waals surface area contributed by atoms with Gasteiger partial charge in [-0.1, -0.05) is 28.1 Å². The first-order valence-corrected chi connectivity index (χ1v) is 11.1. The lowest BCUT2D eigenvalue weighted by molar-refractivity contribution is 0.0697. The van der Waals surface area contributed by atoms with Crippen molar-refractivity contribution < 1.29 is 9.90 Å². The molecule has 6 nitrogen and oxygen atoms in total. The molecule has 0 bridgehead atoms. The Kier molecular flexibility index (Phi) is 6.47. The Morgan fingerprint density at radius 3 is 2.35 bits per heavy atom. The number of carboxylic acids is 1. The van der Waals surface area contributed by atoms with Gasteiger partial charge in [-0.25, -0.2) is 9.48 Å². The average molecular weight is 587 g/mol. The number of aromatic nitrogens is 2. The van der Waals surface area contributed by atoms with Gasteiger partial charge in [0.25, 0.3) is 0 Å². The molecular formula is C23H16BrIN4O2. The monoisotopic (exact) mass is 586 g/mol. The van der Waals surface area contributed by atoms with Crippen molar-refractivity contribution in [3.8, 4) is 16.9 Å². The van der Waals surface area contributed by atoms with E-state index in [4.69, 9.17) is 10.2 Å². The maximum atomic E-state index is 11.1. The molecule has 8 heteroatoms. The molecule has 0 aliphatic heterocycles. The van der Waals surface area contributed by atoms with Gasteiger partial charge < -0.3 is 5.11 Å². The quantitative estimate of drug-likeness (QED) is 0.164. The van der Waals surface area contributed by atoms with Gasteiger partial charge in [0, 0.05) is 25.4 Å². The van der Waals surface area contributed by atoms with Crippen LogP contribution in [0.2, 0.25) is 0 Å². The van der Waals surface area contributed by atoms with Crippen LogP contribution >= 0.6 is 38.5 Å². The highest BCUT2D eigenvalue weighted by molar-refractivity contribution is 14.1. The fraction of sp³-hybridized carbons (Fsp3) is 0. The molecule has 31 heavy (non-hydrogen) atoms. The fourth-order valence-electron chi connectivity index (χ4n) is 2.90. The van der Waals surface area contributed by atoms with Crippen molar-refractivity contribution >= 4 is 56.4 Å². The van der Waals surface area contributed by atoms with Crippen molar-refractivity contribution in [2.75, 3.05) is 5.43 Å². The number of hydrogen-bond acceptors (Lipinski definition) is 4. The van der Waals surface area contributed by atoms with Gasteiger partial charge in [0.05, 0.1) is 23.2 Å². The molecule has 4 aromatic rings. The minimum Gasteiger partial charge on any atom is -0.478 e. The van der Waals surface area contributed by atoms with Gasteiger partial charge in [0.15, 0.2) is 0 Å². The molecule has 1 aromatic heterocycles. The Labute approximate surface area is 200 Å². The van der Waals surface area contributed by atoms with E-state index in [0.717, 1.165) is 36.2 Å². The summed E-state index contributed by atoms with van der Waals surface area (Å²) in [5.74, 6) is -0.960. The highest BCUT2D eigenvalue weighted by Gasteiger charge is 2.12. The van der Waals surface area contributed by atoms with Crippen molar-refractivity contribution in [2.24, 2.45) is 5.10 Å². The minimum absolute atomic E-state index is 0.231. The number of rotatable bonds is 6. The van der Waals surface area contributed by atoms with Crippen LogP contribution in [0.1, 0.15) is 15.9 Å². The third kappa shape index (κ3) is 5.20. The number of carbonyl (C=O) groups is 1. The van der Waals surface area contributed by atoms with E-state index in [-0.39, 0.29) is 5.56 Å². The summed E-state index contributed by atoms with van der Waals surface area (Å²) >= 11 is 5.68. The lowest BCUT2D eigenvalue weighted by Crippen LogP contribution is -1.99. The van der Waals surface area contributed by atoms with Gasteiger partial charge in [-0.3, -0.25) is 5.43 Å². The number of anilines is 1. The van der Waals surface area contributed by atoms with E-state index in [1.165, 1.54) is 0 Å². The third-order valence-electron chi connectivity index (χ3n) is 4.48. The molecular weight excluding hydrogens is 571 g/mol. The van der Waals surface area contributed by atoms with E-state index < -0.39 is 5.97 Å². The molecule has 1 heterocycles. The normalized spacial score (nSPS) is 11.0. The average Bonchev–Trinajstić information content (AvgIpc) is 3.20. The number of halogens is 2. The number of carboxylic acid groups (broad SMARTS) is 1. The smallest absolute Gasteiger partial charge is 0.335 e. The van der Waals surface area contributed by atoms with Crippen LogP contribution in [-0.2, 0) is 0 Å². The van der Waals surface area contributed by atoms with Crippen molar-refractivity contribution in [1.82, 2.24) is 9.78 Å². The number of hydrazone groups is 1. The maximum Gasteiger partial charge on any atom is 0.335 e. The third-order valence-corrected chi connectivity index (χ3v) is 5.73. The summed E-state index contributed by atoms with van der Waals surface area (Å²) in [6.45, 7) is 0. The molecule has 0 radical (unpaired) electrons. The molecule has 0 saturated heterocycles. The molecule has 2 N–H and O–H groups in total. The van der Waals surface area contributed by atoms with Crippen molar-refractivity contribution in [2.45, 2.75) is 0 Å². The molecule has 0 unspecified atom stereocenters. The van der Waals surface area contributed by atoms with E-state index in [1.54, 1.807) is 35.2 Å². The molecule has 3 aromatic carbocycles. The van der Waals surface area contributed by atoms with Gasteiger partial charge in [-0.2, -0.15) is 10.2 Å². The molecule has 0 saturated carbocycles. The van der Waals surface area contributed by atoms with Gasteiger partial charge in [0.1, 0.15) is 5.69 Å². The molecule has 0 fully saturated rings. The zero-order valence-corrected chi connectivity index (χ0v) is 19.8. The van der Waals surface area contributed by atoms with Crippen molar-refractivity contribution in [3.63, 3.8) is 0 Å². The van der Waals surface area contributed by atoms with E-state index in [9.17, 15) is 4.79 Å². The number of hydrogen-bond donors (Lipinski definition) is 2. The van der Waals surface area contributed by atoms with Crippen molar-refractivity contribution in [1.29, 1.82) is 0 Å². The van der Waals surface area contributed by atoms with Crippen LogP contribution < -0.4 is 5.43 Å². The zero-order chi connectivity index (χ0) is 21.8.